The van der Waals surface area contributed by atoms with Crippen molar-refractivity contribution in [2.75, 3.05) is 0 Å². The minimum absolute atomic E-state index is 0.450. The first-order valence-electron chi connectivity index (χ1n) is 5.93. The molecule has 2 N–H and O–H groups in total. The van der Waals surface area contributed by atoms with E-state index < -0.39 is 5.60 Å². The van der Waals surface area contributed by atoms with Gasteiger partial charge in [0.25, 0.3) is 0 Å². The largest absolute Gasteiger partial charge is 0.383 e. The van der Waals surface area contributed by atoms with Crippen molar-refractivity contribution in [3.63, 3.8) is 0 Å². The molecule has 2 aliphatic heterocycles. The summed E-state index contributed by atoms with van der Waals surface area (Å²) in [4.78, 5) is 8.56. The second-order valence-electron chi connectivity index (χ2n) is 5.12. The molecule has 3 heterocycles. The van der Waals surface area contributed by atoms with Crippen molar-refractivity contribution in [2.45, 2.75) is 50.3 Å². The van der Waals surface area contributed by atoms with E-state index in [1.807, 2.05) is 6.92 Å². The van der Waals surface area contributed by atoms with E-state index in [-0.39, 0.29) is 0 Å². The van der Waals surface area contributed by atoms with Gasteiger partial charge in [0.15, 0.2) is 0 Å². The minimum atomic E-state index is -0.768. The average molecular weight is 219 g/mol. The fourth-order valence-electron chi connectivity index (χ4n) is 3.02. The van der Waals surface area contributed by atoms with Crippen molar-refractivity contribution in [3.8, 4) is 0 Å². The molecule has 2 unspecified atom stereocenters. The van der Waals surface area contributed by atoms with Gasteiger partial charge >= 0.3 is 0 Å². The van der Waals surface area contributed by atoms with Gasteiger partial charge in [-0.3, -0.25) is 9.97 Å². The fraction of sp³-hybridized carbons (Fsp3) is 0.667. The molecule has 0 radical (unpaired) electrons. The highest BCUT2D eigenvalue weighted by atomic mass is 16.3. The van der Waals surface area contributed by atoms with Crippen LogP contribution in [0.1, 0.15) is 37.1 Å². The Kier molecular flexibility index (Phi) is 2.23. The Labute approximate surface area is 95.1 Å². The summed E-state index contributed by atoms with van der Waals surface area (Å²) in [5, 5.41) is 14.2. The highest BCUT2D eigenvalue weighted by Gasteiger charge is 2.44. The molecule has 0 spiro atoms. The number of nitrogens with one attached hydrogen (secondary N) is 1. The Balaban J connectivity index is 1.93. The van der Waals surface area contributed by atoms with Crippen molar-refractivity contribution in [1.82, 2.24) is 15.3 Å². The molecule has 3 rings (SSSR count). The van der Waals surface area contributed by atoms with E-state index in [1.54, 1.807) is 12.4 Å². The van der Waals surface area contributed by atoms with Crippen LogP contribution in [0.3, 0.4) is 0 Å². The summed E-state index contributed by atoms with van der Waals surface area (Å²) < 4.78 is 0. The van der Waals surface area contributed by atoms with Crippen molar-refractivity contribution in [1.29, 1.82) is 0 Å². The first-order chi connectivity index (χ1) is 7.66. The van der Waals surface area contributed by atoms with Gasteiger partial charge in [-0.05, 0) is 32.6 Å². The van der Waals surface area contributed by atoms with Crippen molar-refractivity contribution in [3.05, 3.63) is 23.8 Å². The predicted octanol–water partition coefficient (Wildman–Crippen LogP) is 0.887. The van der Waals surface area contributed by atoms with E-state index in [0.717, 1.165) is 24.2 Å². The normalized spacial score (nSPS) is 37.6. The molecule has 4 nitrogen and oxygen atoms in total. The molecule has 2 fully saturated rings. The molecular formula is C12H17N3O. The molecule has 2 atom stereocenters. The van der Waals surface area contributed by atoms with Crippen molar-refractivity contribution in [2.24, 2.45) is 0 Å². The van der Waals surface area contributed by atoms with Crippen LogP contribution >= 0.6 is 0 Å². The zero-order chi connectivity index (χ0) is 11.2. The van der Waals surface area contributed by atoms with Gasteiger partial charge < -0.3 is 10.4 Å². The predicted molar refractivity (Wildman–Crippen MR) is 59.8 cm³/mol. The molecule has 16 heavy (non-hydrogen) atoms. The van der Waals surface area contributed by atoms with E-state index in [9.17, 15) is 5.11 Å². The SMILES string of the molecule is Cc1cncc(C2(O)CC3CCC(C2)N3)n1. The quantitative estimate of drug-likeness (QED) is 0.736. The van der Waals surface area contributed by atoms with E-state index in [1.165, 1.54) is 12.8 Å². The lowest BCUT2D eigenvalue weighted by atomic mass is 9.85. The summed E-state index contributed by atoms with van der Waals surface area (Å²) in [5.41, 5.74) is 0.846. The maximum absolute atomic E-state index is 10.7. The Hall–Kier alpha value is -1.00. The smallest absolute Gasteiger partial charge is 0.111 e. The number of hydrogen-bond donors (Lipinski definition) is 2. The van der Waals surface area contributed by atoms with Gasteiger partial charge in [-0.15, -0.1) is 0 Å². The van der Waals surface area contributed by atoms with Gasteiger partial charge in [0, 0.05) is 18.3 Å². The average Bonchev–Trinajstić information content (AvgIpc) is 2.59. The molecule has 0 saturated carbocycles. The molecule has 0 amide bonds. The monoisotopic (exact) mass is 219 g/mol. The number of rotatable bonds is 1. The van der Waals surface area contributed by atoms with Gasteiger partial charge in [0.05, 0.1) is 17.6 Å². The van der Waals surface area contributed by atoms with Gasteiger partial charge in [-0.2, -0.15) is 0 Å². The zero-order valence-electron chi connectivity index (χ0n) is 9.48. The zero-order valence-corrected chi connectivity index (χ0v) is 9.48. The topological polar surface area (TPSA) is 58.0 Å². The maximum Gasteiger partial charge on any atom is 0.111 e. The van der Waals surface area contributed by atoms with Gasteiger partial charge in [0.2, 0.25) is 0 Å². The molecule has 2 bridgehead atoms. The highest BCUT2D eigenvalue weighted by Crippen LogP contribution is 2.39. The van der Waals surface area contributed by atoms with Gasteiger partial charge in [-0.25, -0.2) is 0 Å². The van der Waals surface area contributed by atoms with Crippen molar-refractivity contribution < 1.29 is 5.11 Å². The molecule has 86 valence electrons. The molecule has 2 saturated heterocycles. The first kappa shape index (κ1) is 10.2. The Morgan fingerprint density at radius 3 is 2.62 bits per heavy atom. The number of aliphatic hydroxyl groups is 1. The molecule has 1 aromatic rings. The number of piperidine rings is 1. The third-order valence-corrected chi connectivity index (χ3v) is 3.73. The van der Waals surface area contributed by atoms with E-state index in [4.69, 9.17) is 0 Å². The third kappa shape index (κ3) is 1.62. The van der Waals surface area contributed by atoms with Gasteiger partial charge in [0.1, 0.15) is 5.60 Å². The fourth-order valence-corrected chi connectivity index (χ4v) is 3.02. The summed E-state index contributed by atoms with van der Waals surface area (Å²) >= 11 is 0. The van der Waals surface area contributed by atoms with Crippen LogP contribution in [0.2, 0.25) is 0 Å². The van der Waals surface area contributed by atoms with Crippen LogP contribution in [-0.2, 0) is 5.60 Å². The van der Waals surface area contributed by atoms with Gasteiger partial charge in [-0.1, -0.05) is 0 Å². The van der Waals surface area contributed by atoms with E-state index in [0.29, 0.717) is 12.1 Å². The summed E-state index contributed by atoms with van der Waals surface area (Å²) in [6.45, 7) is 1.91. The number of hydrogen-bond acceptors (Lipinski definition) is 4. The number of aromatic nitrogens is 2. The van der Waals surface area contributed by atoms with Crippen LogP contribution in [0.15, 0.2) is 12.4 Å². The van der Waals surface area contributed by atoms with Crippen LogP contribution in [-0.4, -0.2) is 27.2 Å². The molecular weight excluding hydrogens is 202 g/mol. The number of nitrogens with zero attached hydrogens (tertiary/aromatic N) is 2. The number of aryl methyl sites for hydroxylation is 1. The second kappa shape index (κ2) is 3.50. The number of fused-ring (bicyclic) bond motifs is 2. The lowest BCUT2D eigenvalue weighted by molar-refractivity contribution is -0.0157. The van der Waals surface area contributed by atoms with Crippen LogP contribution in [0.25, 0.3) is 0 Å². The highest BCUT2D eigenvalue weighted by molar-refractivity contribution is 5.15. The summed E-state index contributed by atoms with van der Waals surface area (Å²) in [5.74, 6) is 0. The molecule has 2 aliphatic rings. The lowest BCUT2D eigenvalue weighted by Gasteiger charge is -2.36. The Morgan fingerprint density at radius 2 is 2.00 bits per heavy atom. The van der Waals surface area contributed by atoms with Crippen molar-refractivity contribution >= 4 is 0 Å². The minimum Gasteiger partial charge on any atom is -0.383 e. The Morgan fingerprint density at radius 1 is 1.31 bits per heavy atom. The van der Waals surface area contributed by atoms with E-state index in [2.05, 4.69) is 15.3 Å². The lowest BCUT2D eigenvalue weighted by Crippen LogP contribution is -2.47. The molecule has 0 aromatic carbocycles. The van der Waals surface area contributed by atoms with Crippen LogP contribution in [0.4, 0.5) is 0 Å². The summed E-state index contributed by atoms with van der Waals surface area (Å²) in [7, 11) is 0. The molecule has 4 heteroatoms. The van der Waals surface area contributed by atoms with Crippen LogP contribution in [0, 0.1) is 6.92 Å². The summed E-state index contributed by atoms with van der Waals surface area (Å²) in [6, 6.07) is 0.900. The summed E-state index contributed by atoms with van der Waals surface area (Å²) in [6.07, 6.45) is 7.31. The standard InChI is InChI=1S/C12H17N3O/c1-8-6-13-7-11(14-8)12(16)4-9-2-3-10(5-12)15-9/h6-7,9-10,15-16H,2-5H2,1H3. The molecule has 0 aliphatic carbocycles. The molecule has 1 aromatic heterocycles. The third-order valence-electron chi connectivity index (χ3n) is 3.73. The first-order valence-corrected chi connectivity index (χ1v) is 5.93. The van der Waals surface area contributed by atoms with Crippen LogP contribution < -0.4 is 5.32 Å². The maximum atomic E-state index is 10.7. The van der Waals surface area contributed by atoms with Crippen LogP contribution in [0.5, 0.6) is 0 Å². The van der Waals surface area contributed by atoms with E-state index >= 15 is 0 Å². The second-order valence-corrected chi connectivity index (χ2v) is 5.12. The Bertz CT molecular complexity index is 395.